The van der Waals surface area contributed by atoms with Gasteiger partial charge in [-0.05, 0) is 51.1 Å². The molecule has 1 amide bonds. The fraction of sp³-hybridized carbons (Fsp3) is 0.519. The first kappa shape index (κ1) is 27.9. The van der Waals surface area contributed by atoms with Crippen molar-refractivity contribution in [3.63, 3.8) is 0 Å². The number of amides is 1. The molecule has 2 aromatic rings. The van der Waals surface area contributed by atoms with E-state index in [1.807, 2.05) is 7.05 Å². The van der Waals surface area contributed by atoms with Crippen molar-refractivity contribution in [3.05, 3.63) is 47.9 Å². The molecule has 0 radical (unpaired) electrons. The Morgan fingerprint density at radius 1 is 1.12 bits per heavy atom. The number of fused-ring (bicyclic) bond motifs is 1. The molecule has 0 unspecified atom stereocenters. The molecule has 0 N–H and O–H groups in total. The number of carbonyl (C=O) groups is 1. The summed E-state index contributed by atoms with van der Waals surface area (Å²) in [7, 11) is 2.04. The molecule has 9 nitrogen and oxygen atoms in total. The van der Waals surface area contributed by atoms with Crippen LogP contribution in [0.3, 0.4) is 0 Å². The zero-order chi connectivity index (χ0) is 28.4. The third-order valence-corrected chi connectivity index (χ3v) is 7.65. The lowest BCUT2D eigenvalue weighted by atomic mass is 10.0. The second kappa shape index (κ2) is 11.5. The largest absolute Gasteiger partial charge is 0.573 e. The Labute approximate surface area is 230 Å². The number of benzene rings is 1. The van der Waals surface area contributed by atoms with Crippen molar-refractivity contribution in [2.24, 2.45) is 0 Å². The Bertz CT molecular complexity index is 1250. The van der Waals surface area contributed by atoms with E-state index in [1.165, 1.54) is 6.08 Å². The minimum absolute atomic E-state index is 0.00487. The van der Waals surface area contributed by atoms with Crippen molar-refractivity contribution in [3.8, 4) is 11.8 Å². The molecule has 0 saturated carbocycles. The number of hydrogen-bond acceptors (Lipinski definition) is 8. The van der Waals surface area contributed by atoms with Crippen molar-refractivity contribution >= 4 is 17.4 Å². The number of likely N-dealkylation sites (N-methyl/N-ethyl adjacent to an activating group) is 1. The number of alkyl halides is 3. The van der Waals surface area contributed by atoms with E-state index in [0.29, 0.717) is 57.3 Å². The minimum Gasteiger partial charge on any atom is -0.462 e. The Hall–Kier alpha value is -3.61. The molecule has 216 valence electrons. The molecule has 5 rings (SSSR count). The molecule has 0 aliphatic carbocycles. The predicted octanol–water partition coefficient (Wildman–Crippen LogP) is 3.38. The van der Waals surface area contributed by atoms with Gasteiger partial charge in [-0.25, -0.2) is 4.39 Å². The highest BCUT2D eigenvalue weighted by Crippen LogP contribution is 2.38. The van der Waals surface area contributed by atoms with Crippen molar-refractivity contribution in [1.29, 1.82) is 0 Å². The first-order valence-corrected chi connectivity index (χ1v) is 13.3. The third kappa shape index (κ3) is 6.24. The number of hydrogen-bond donors (Lipinski definition) is 0. The molecule has 2 saturated heterocycles. The minimum atomic E-state index is -4.92. The van der Waals surface area contributed by atoms with E-state index >= 15 is 0 Å². The third-order valence-electron chi connectivity index (χ3n) is 7.65. The maximum absolute atomic E-state index is 14.1. The molecule has 1 atom stereocenters. The summed E-state index contributed by atoms with van der Waals surface area (Å²) in [6, 6.07) is 3.38. The van der Waals surface area contributed by atoms with Crippen LogP contribution < -0.4 is 19.3 Å². The van der Waals surface area contributed by atoms with Crippen LogP contribution in [0.4, 0.5) is 29.1 Å². The number of nitrogens with zero attached hydrogens (tertiary/aromatic N) is 6. The topological polar surface area (TPSA) is 74.3 Å². The Morgan fingerprint density at radius 3 is 2.58 bits per heavy atom. The van der Waals surface area contributed by atoms with E-state index < -0.39 is 17.9 Å². The lowest BCUT2D eigenvalue weighted by Crippen LogP contribution is -2.49. The number of aromatic nitrogens is 2. The zero-order valence-electron chi connectivity index (χ0n) is 22.3. The van der Waals surface area contributed by atoms with Crippen LogP contribution in [0.5, 0.6) is 11.8 Å². The van der Waals surface area contributed by atoms with Crippen LogP contribution in [-0.4, -0.2) is 91.0 Å². The summed E-state index contributed by atoms with van der Waals surface area (Å²) in [6.45, 7) is 7.48. The molecule has 3 aliphatic rings. The fourth-order valence-electron chi connectivity index (χ4n) is 5.50. The van der Waals surface area contributed by atoms with Gasteiger partial charge in [0, 0.05) is 50.4 Å². The Kier molecular flexibility index (Phi) is 8.02. The highest BCUT2D eigenvalue weighted by molar-refractivity contribution is 5.87. The van der Waals surface area contributed by atoms with Gasteiger partial charge < -0.3 is 29.1 Å². The molecular weight excluding hydrogens is 532 g/mol. The van der Waals surface area contributed by atoms with Crippen LogP contribution in [0.1, 0.15) is 24.1 Å². The van der Waals surface area contributed by atoms with Crippen LogP contribution in [0, 0.1) is 5.82 Å². The van der Waals surface area contributed by atoms with Gasteiger partial charge in [-0.3, -0.25) is 4.79 Å². The van der Waals surface area contributed by atoms with Crippen LogP contribution in [0.15, 0.2) is 30.9 Å². The Morgan fingerprint density at radius 2 is 1.90 bits per heavy atom. The average Bonchev–Trinajstić information content (AvgIpc) is 3.35. The van der Waals surface area contributed by atoms with Gasteiger partial charge in [0.2, 0.25) is 5.91 Å². The summed E-state index contributed by atoms with van der Waals surface area (Å²) < 4.78 is 63.6. The number of anilines is 2. The summed E-state index contributed by atoms with van der Waals surface area (Å²) in [5, 5.41) is 0. The van der Waals surface area contributed by atoms with Crippen LogP contribution in [0.2, 0.25) is 0 Å². The molecule has 3 aliphatic heterocycles. The van der Waals surface area contributed by atoms with Gasteiger partial charge >= 0.3 is 12.4 Å². The maximum Gasteiger partial charge on any atom is 0.573 e. The van der Waals surface area contributed by atoms with E-state index in [9.17, 15) is 22.4 Å². The quantitative estimate of drug-likeness (QED) is 0.375. The maximum atomic E-state index is 14.1. The number of carbonyl (C=O) groups excluding carboxylic acids is 1. The van der Waals surface area contributed by atoms with Crippen molar-refractivity contribution < 1.29 is 31.8 Å². The fourth-order valence-corrected chi connectivity index (χ4v) is 5.50. The lowest BCUT2D eigenvalue weighted by Gasteiger charge is -2.38. The molecule has 2 fully saturated rings. The molecule has 1 aromatic heterocycles. The first-order valence-electron chi connectivity index (χ1n) is 13.3. The number of piperazine rings is 1. The lowest BCUT2D eigenvalue weighted by molar-refractivity contribution is -0.274. The van der Waals surface area contributed by atoms with Crippen molar-refractivity contribution in [2.75, 3.05) is 62.7 Å². The van der Waals surface area contributed by atoms with Gasteiger partial charge in [0.05, 0.1) is 17.9 Å². The van der Waals surface area contributed by atoms with Crippen molar-refractivity contribution in [2.45, 2.75) is 38.2 Å². The second-order valence-corrected chi connectivity index (χ2v) is 10.2. The molecular formula is C27H32F4N6O3. The monoisotopic (exact) mass is 564 g/mol. The van der Waals surface area contributed by atoms with Gasteiger partial charge in [0.15, 0.2) is 5.75 Å². The molecule has 0 spiro atoms. The SMILES string of the molecule is C=CC(=O)N1CCN(c2nc(OC[C@@H]3CCCN3C)nc3c2CCN(c2cc(F)ccc2OC(F)(F)F)C3)CC1. The van der Waals surface area contributed by atoms with Gasteiger partial charge in [-0.1, -0.05) is 6.58 Å². The van der Waals surface area contributed by atoms with E-state index in [1.54, 1.807) is 9.80 Å². The van der Waals surface area contributed by atoms with Gasteiger partial charge in [-0.15, -0.1) is 13.2 Å². The molecule has 4 heterocycles. The van der Waals surface area contributed by atoms with Gasteiger partial charge in [-0.2, -0.15) is 9.97 Å². The highest BCUT2D eigenvalue weighted by Gasteiger charge is 2.34. The first-order chi connectivity index (χ1) is 19.1. The predicted molar refractivity (Wildman–Crippen MR) is 140 cm³/mol. The van der Waals surface area contributed by atoms with Crippen molar-refractivity contribution in [1.82, 2.24) is 19.8 Å². The van der Waals surface area contributed by atoms with Crippen LogP contribution in [-0.2, 0) is 17.8 Å². The zero-order valence-corrected chi connectivity index (χ0v) is 22.3. The number of halogens is 4. The molecule has 0 bridgehead atoms. The van der Waals surface area contributed by atoms with Gasteiger partial charge in [0.1, 0.15) is 18.2 Å². The highest BCUT2D eigenvalue weighted by atomic mass is 19.4. The van der Waals surface area contributed by atoms with E-state index in [0.717, 1.165) is 43.1 Å². The van der Waals surface area contributed by atoms with E-state index in [-0.39, 0.29) is 30.2 Å². The molecule has 40 heavy (non-hydrogen) atoms. The van der Waals surface area contributed by atoms with E-state index in [2.05, 4.69) is 26.1 Å². The smallest absolute Gasteiger partial charge is 0.462 e. The standard InChI is InChI=1S/C27H32F4N6O3/c1-3-24(38)35-11-13-36(14-12-35)25-20-8-10-37(22-15-18(28)6-7-23(22)40-27(29,30)31)16-21(20)32-26(33-25)39-17-19-5-4-9-34(19)2/h3,6-7,15,19H,1,4-5,8-14,16-17H2,2H3/t19-/m0/s1. The van der Waals surface area contributed by atoms with Crippen LogP contribution >= 0.6 is 0 Å². The molecule has 13 heteroatoms. The summed E-state index contributed by atoms with van der Waals surface area (Å²) in [5.74, 6) is -0.585. The summed E-state index contributed by atoms with van der Waals surface area (Å²) in [4.78, 5) is 29.1. The summed E-state index contributed by atoms with van der Waals surface area (Å²) in [6.07, 6.45) is -1.11. The van der Waals surface area contributed by atoms with Gasteiger partial charge in [0.25, 0.3) is 0 Å². The average molecular weight is 565 g/mol. The summed E-state index contributed by atoms with van der Waals surface area (Å²) >= 11 is 0. The Balaban J connectivity index is 1.43. The number of ether oxygens (including phenoxy) is 2. The molecule has 1 aromatic carbocycles. The second-order valence-electron chi connectivity index (χ2n) is 10.2. The van der Waals surface area contributed by atoms with E-state index in [4.69, 9.17) is 9.72 Å². The number of rotatable bonds is 7. The normalized spacial score (nSPS) is 19.9. The number of likely N-dealkylation sites (tertiary alicyclic amines) is 1. The van der Waals surface area contributed by atoms with Crippen LogP contribution in [0.25, 0.3) is 0 Å². The summed E-state index contributed by atoms with van der Waals surface area (Å²) in [5.41, 5.74) is 1.45.